The third-order valence-corrected chi connectivity index (χ3v) is 4.69. The molecule has 1 aromatic carbocycles. The molecule has 8 nitrogen and oxygen atoms in total. The van der Waals surface area contributed by atoms with Gasteiger partial charge in [0, 0.05) is 48.8 Å². The summed E-state index contributed by atoms with van der Waals surface area (Å²) in [6, 6.07) is 5.28. The first-order valence-electron chi connectivity index (χ1n) is 8.81. The highest BCUT2D eigenvalue weighted by atomic mass is 19.1. The van der Waals surface area contributed by atoms with Crippen molar-refractivity contribution in [3.05, 3.63) is 52.6 Å². The maximum atomic E-state index is 14.7. The molecule has 3 rings (SSSR count). The number of benzene rings is 1. The van der Waals surface area contributed by atoms with Gasteiger partial charge in [-0.05, 0) is 12.1 Å². The Morgan fingerprint density at radius 1 is 1.41 bits per heavy atom. The molecule has 0 atom stereocenters. The van der Waals surface area contributed by atoms with E-state index in [-0.39, 0.29) is 41.6 Å². The summed E-state index contributed by atoms with van der Waals surface area (Å²) in [5, 5.41) is 10.4. The Morgan fingerprint density at radius 2 is 2.17 bits per heavy atom. The summed E-state index contributed by atoms with van der Waals surface area (Å²) in [5.74, 6) is -0.223. The lowest BCUT2D eigenvalue weighted by Gasteiger charge is -2.18. The van der Waals surface area contributed by atoms with Gasteiger partial charge >= 0.3 is 0 Å². The van der Waals surface area contributed by atoms with Crippen LogP contribution in [-0.4, -0.2) is 43.3 Å². The highest BCUT2D eigenvalue weighted by molar-refractivity contribution is 6.13. The molecule has 1 amide bonds. The molecule has 4 N–H and O–H groups in total. The van der Waals surface area contributed by atoms with E-state index in [0.29, 0.717) is 17.1 Å². The van der Waals surface area contributed by atoms with Gasteiger partial charge in [-0.3, -0.25) is 4.79 Å². The number of halogens is 1. The number of nitrogen functional groups attached to an aromatic ring is 1. The molecule has 0 unspecified atom stereocenters. The minimum Gasteiger partial charge on any atom is -0.497 e. The van der Waals surface area contributed by atoms with Crippen LogP contribution in [0.3, 0.4) is 0 Å². The lowest BCUT2D eigenvalue weighted by molar-refractivity contribution is 0.0765. The fraction of sp³-hybridized carbons (Fsp3) is 0.250. The Labute approximate surface area is 167 Å². The van der Waals surface area contributed by atoms with Crippen LogP contribution < -0.4 is 20.5 Å². The number of pyridine rings is 1. The number of aromatic nitrogens is 1. The third kappa shape index (κ3) is 3.58. The van der Waals surface area contributed by atoms with E-state index in [1.54, 1.807) is 32.4 Å². The second-order valence-electron chi connectivity index (χ2n) is 6.38. The first-order valence-corrected chi connectivity index (χ1v) is 8.81. The van der Waals surface area contributed by atoms with Crippen LogP contribution in [0.1, 0.15) is 27.2 Å². The number of amides is 1. The topological polar surface area (TPSA) is 114 Å². The number of carbonyl (C=O) groups excluding carboxylic acids is 1. The molecule has 0 fully saturated rings. The molecule has 0 spiro atoms. The van der Waals surface area contributed by atoms with Crippen molar-refractivity contribution >= 4 is 23.5 Å². The summed E-state index contributed by atoms with van der Waals surface area (Å²) in [5.41, 5.74) is 7.28. The number of nitrogens with zero attached hydrogens (tertiary/aromatic N) is 2. The highest BCUT2D eigenvalue weighted by Gasteiger charge is 2.35. The van der Waals surface area contributed by atoms with Gasteiger partial charge in [-0.15, -0.1) is 0 Å². The van der Waals surface area contributed by atoms with E-state index in [9.17, 15) is 9.18 Å². The SMILES string of the molecule is CN/C=C(\C=N)c1nc(N)c(F)c2c1C(=O)N(Cc1ccc(OC)cc1OC)C2. The van der Waals surface area contributed by atoms with Crippen molar-refractivity contribution in [3.8, 4) is 11.5 Å². The van der Waals surface area contributed by atoms with Crippen molar-refractivity contribution in [2.45, 2.75) is 13.1 Å². The Balaban J connectivity index is 2.02. The van der Waals surface area contributed by atoms with Gasteiger partial charge < -0.3 is 30.8 Å². The molecule has 9 heteroatoms. The zero-order valence-electron chi connectivity index (χ0n) is 16.4. The number of ether oxygens (including phenoxy) is 2. The van der Waals surface area contributed by atoms with Crippen molar-refractivity contribution in [1.82, 2.24) is 15.2 Å². The van der Waals surface area contributed by atoms with Gasteiger partial charge in [-0.2, -0.15) is 0 Å². The molecule has 0 radical (unpaired) electrons. The zero-order valence-corrected chi connectivity index (χ0v) is 16.4. The van der Waals surface area contributed by atoms with Gasteiger partial charge in [0.1, 0.15) is 11.5 Å². The fourth-order valence-corrected chi connectivity index (χ4v) is 3.29. The van der Waals surface area contributed by atoms with E-state index in [0.717, 1.165) is 11.8 Å². The molecule has 0 aliphatic carbocycles. The largest absolute Gasteiger partial charge is 0.497 e. The molecule has 1 aliphatic rings. The van der Waals surface area contributed by atoms with Crippen LogP contribution >= 0.6 is 0 Å². The summed E-state index contributed by atoms with van der Waals surface area (Å²) < 4.78 is 25.3. The number of rotatable bonds is 7. The normalized spacial score (nSPS) is 13.3. The Morgan fingerprint density at radius 3 is 2.79 bits per heavy atom. The first-order chi connectivity index (χ1) is 13.9. The van der Waals surface area contributed by atoms with E-state index < -0.39 is 5.82 Å². The molecular weight excluding hydrogens is 377 g/mol. The molecule has 2 heterocycles. The minimum atomic E-state index is -0.713. The third-order valence-electron chi connectivity index (χ3n) is 4.69. The lowest BCUT2D eigenvalue weighted by atomic mass is 10.0. The molecule has 0 saturated heterocycles. The number of hydrogen-bond acceptors (Lipinski definition) is 7. The van der Waals surface area contributed by atoms with Crippen molar-refractivity contribution in [2.24, 2.45) is 0 Å². The maximum Gasteiger partial charge on any atom is 0.257 e. The predicted molar refractivity (Wildman–Crippen MR) is 108 cm³/mol. The molecule has 152 valence electrons. The average molecular weight is 399 g/mol. The number of anilines is 1. The Hall–Kier alpha value is -3.62. The van der Waals surface area contributed by atoms with Crippen molar-refractivity contribution < 1.29 is 18.7 Å². The summed E-state index contributed by atoms with van der Waals surface area (Å²) >= 11 is 0. The zero-order chi connectivity index (χ0) is 21.1. The van der Waals surface area contributed by atoms with Crippen molar-refractivity contribution in [2.75, 3.05) is 27.0 Å². The first kappa shape index (κ1) is 20.1. The summed E-state index contributed by atoms with van der Waals surface area (Å²) in [7, 11) is 4.73. The van der Waals surface area contributed by atoms with Crippen LogP contribution in [0.4, 0.5) is 10.2 Å². The van der Waals surface area contributed by atoms with E-state index in [4.69, 9.17) is 20.6 Å². The monoisotopic (exact) mass is 399 g/mol. The van der Waals surface area contributed by atoms with Gasteiger partial charge in [-0.25, -0.2) is 9.37 Å². The van der Waals surface area contributed by atoms with Crippen LogP contribution in [0.15, 0.2) is 24.4 Å². The Bertz CT molecular complexity index is 1010. The minimum absolute atomic E-state index is 0.0414. The highest BCUT2D eigenvalue weighted by Crippen LogP contribution is 2.35. The summed E-state index contributed by atoms with van der Waals surface area (Å²) in [4.78, 5) is 18.6. The Kier molecular flexibility index (Phi) is 5.67. The number of nitrogens with one attached hydrogen (secondary N) is 2. The summed E-state index contributed by atoms with van der Waals surface area (Å²) in [6.45, 7) is 0.245. The molecule has 2 aromatic rings. The fourth-order valence-electron chi connectivity index (χ4n) is 3.29. The standard InChI is InChI=1S/C20H22FN5O3/c1-24-8-12(7-22)18-16-14(17(21)19(23)25-18)10-26(20(16)27)9-11-4-5-13(28-2)6-15(11)29-3/h4-8,22,24H,9-10H2,1-3H3,(H2,23,25)/b12-8+,22-7?. The van der Waals surface area contributed by atoms with Gasteiger partial charge in [0.05, 0.1) is 32.0 Å². The number of allylic oxidation sites excluding steroid dienone is 1. The van der Waals surface area contributed by atoms with Gasteiger partial charge in [-0.1, -0.05) is 0 Å². The molecule has 0 bridgehead atoms. The second kappa shape index (κ2) is 8.17. The van der Waals surface area contributed by atoms with Gasteiger partial charge in [0.2, 0.25) is 0 Å². The smallest absolute Gasteiger partial charge is 0.257 e. The van der Waals surface area contributed by atoms with Crippen LogP contribution in [0, 0.1) is 11.2 Å². The maximum absolute atomic E-state index is 14.7. The van der Waals surface area contributed by atoms with E-state index in [1.165, 1.54) is 18.2 Å². The number of fused-ring (bicyclic) bond motifs is 1. The van der Waals surface area contributed by atoms with E-state index in [1.807, 2.05) is 0 Å². The number of nitrogens with two attached hydrogens (primary N) is 1. The predicted octanol–water partition coefficient (Wildman–Crippen LogP) is 2.19. The van der Waals surface area contributed by atoms with Crippen molar-refractivity contribution in [3.63, 3.8) is 0 Å². The van der Waals surface area contributed by atoms with Gasteiger partial charge in [0.25, 0.3) is 5.91 Å². The molecule has 1 aromatic heterocycles. The number of hydrogen-bond donors (Lipinski definition) is 3. The van der Waals surface area contributed by atoms with Crippen LogP contribution in [-0.2, 0) is 13.1 Å². The van der Waals surface area contributed by atoms with Crippen LogP contribution in [0.2, 0.25) is 0 Å². The van der Waals surface area contributed by atoms with Gasteiger partial charge in [0.15, 0.2) is 11.6 Å². The molecular formula is C20H22FN5O3. The molecule has 1 aliphatic heterocycles. The van der Waals surface area contributed by atoms with Crippen molar-refractivity contribution in [1.29, 1.82) is 5.41 Å². The van der Waals surface area contributed by atoms with Crippen LogP contribution in [0.25, 0.3) is 5.57 Å². The second-order valence-corrected chi connectivity index (χ2v) is 6.38. The van der Waals surface area contributed by atoms with Crippen LogP contribution in [0.5, 0.6) is 11.5 Å². The number of carbonyl (C=O) groups is 1. The quantitative estimate of drug-likeness (QED) is 0.615. The van der Waals surface area contributed by atoms with E-state index in [2.05, 4.69) is 10.3 Å². The summed E-state index contributed by atoms with van der Waals surface area (Å²) in [6.07, 6.45) is 2.55. The average Bonchev–Trinajstić information content (AvgIpc) is 3.06. The number of methoxy groups -OCH3 is 2. The molecule has 29 heavy (non-hydrogen) atoms. The van der Waals surface area contributed by atoms with E-state index >= 15 is 0 Å². The lowest BCUT2D eigenvalue weighted by Crippen LogP contribution is -2.24. The molecule has 0 saturated carbocycles.